The van der Waals surface area contributed by atoms with Gasteiger partial charge in [-0.3, -0.25) is 4.79 Å². The molecule has 1 amide bonds. The van der Waals surface area contributed by atoms with Crippen molar-refractivity contribution in [1.82, 2.24) is 4.72 Å². The van der Waals surface area contributed by atoms with Crippen molar-refractivity contribution in [3.8, 4) is 0 Å². The Kier molecular flexibility index (Phi) is 9.23. The van der Waals surface area contributed by atoms with Crippen LogP contribution in [0.4, 0.5) is 0 Å². The lowest BCUT2D eigenvalue weighted by atomic mass is 9.41. The molecule has 0 spiro atoms. The Morgan fingerprint density at radius 2 is 1.57 bits per heavy atom. The largest absolute Gasteiger partial charge is 0.393 e. The van der Waals surface area contributed by atoms with Crippen LogP contribution in [0.3, 0.4) is 0 Å². The number of aliphatic hydroxyl groups excluding tert-OH is 2. The van der Waals surface area contributed by atoms with Gasteiger partial charge in [-0.1, -0.05) is 73.9 Å². The summed E-state index contributed by atoms with van der Waals surface area (Å²) in [5.41, 5.74) is 1.24. The van der Waals surface area contributed by atoms with Crippen LogP contribution in [-0.2, 0) is 20.2 Å². The van der Waals surface area contributed by atoms with E-state index in [2.05, 4.69) is 53.2 Å². The number of fused-ring (bicyclic) bond motifs is 5. The van der Waals surface area contributed by atoms with Crippen LogP contribution >= 0.6 is 0 Å². The average molecular weight is 630 g/mol. The smallest absolute Gasteiger partial charge is 0.264 e. The number of nitrogens with one attached hydrogen (secondary N) is 1. The summed E-state index contributed by atoms with van der Waals surface area (Å²) in [5.74, 6) is 1.73. The third kappa shape index (κ3) is 5.81. The second-order valence-electron chi connectivity index (χ2n) is 17.0. The van der Waals surface area contributed by atoms with Crippen LogP contribution in [0.5, 0.6) is 0 Å². The first-order valence-electron chi connectivity index (χ1n) is 17.5. The van der Waals surface area contributed by atoms with Crippen molar-refractivity contribution < 1.29 is 23.4 Å². The summed E-state index contributed by atoms with van der Waals surface area (Å²) in [7, 11) is -3.94. The topological polar surface area (TPSA) is 104 Å². The lowest BCUT2D eigenvalue weighted by Crippen LogP contribution is -2.62. The number of amides is 1. The molecule has 0 bridgehead atoms. The number of benzene rings is 1. The van der Waals surface area contributed by atoms with E-state index in [1.54, 1.807) is 12.1 Å². The molecule has 0 saturated heterocycles. The normalized spacial score (nSPS) is 40.3. The lowest BCUT2D eigenvalue weighted by molar-refractivity contribution is -0.203. The first-order chi connectivity index (χ1) is 20.4. The van der Waals surface area contributed by atoms with Crippen molar-refractivity contribution in [2.45, 2.75) is 136 Å². The highest BCUT2D eigenvalue weighted by Gasteiger charge is 2.64. The Hall–Kier alpha value is -1.44. The van der Waals surface area contributed by atoms with Gasteiger partial charge in [-0.25, -0.2) is 13.1 Å². The maximum absolute atomic E-state index is 13.2. The van der Waals surface area contributed by atoms with E-state index in [1.165, 1.54) is 0 Å². The van der Waals surface area contributed by atoms with Crippen LogP contribution in [0, 0.1) is 58.2 Å². The minimum absolute atomic E-state index is 0.0854. The first kappa shape index (κ1) is 33.9. The molecule has 0 aromatic heterocycles. The predicted molar refractivity (Wildman–Crippen MR) is 175 cm³/mol. The van der Waals surface area contributed by atoms with Gasteiger partial charge in [-0.2, -0.15) is 0 Å². The minimum Gasteiger partial charge on any atom is -0.393 e. The summed E-state index contributed by atoms with van der Waals surface area (Å²) in [4.78, 5) is 13.3. The zero-order valence-electron chi connectivity index (χ0n) is 28.5. The third-order valence-electron chi connectivity index (χ3n) is 13.6. The van der Waals surface area contributed by atoms with Gasteiger partial charge in [0.2, 0.25) is 5.91 Å². The highest BCUT2D eigenvalue weighted by molar-refractivity contribution is 7.90. The van der Waals surface area contributed by atoms with E-state index in [0.717, 1.165) is 56.9 Å². The maximum Gasteiger partial charge on any atom is 0.264 e. The fraction of sp³-hybridized carbons (Fsp3) is 0.811. The van der Waals surface area contributed by atoms with Crippen molar-refractivity contribution in [3.05, 3.63) is 29.8 Å². The third-order valence-corrected chi connectivity index (χ3v) is 15.0. The molecule has 4 fully saturated rings. The molecule has 3 unspecified atom stereocenters. The van der Waals surface area contributed by atoms with Gasteiger partial charge in [0.25, 0.3) is 10.0 Å². The van der Waals surface area contributed by atoms with Crippen LogP contribution in [-0.4, -0.2) is 36.7 Å². The Bertz CT molecular complexity index is 1300. The van der Waals surface area contributed by atoms with Gasteiger partial charge in [0, 0.05) is 5.92 Å². The van der Waals surface area contributed by atoms with Gasteiger partial charge in [0.05, 0.1) is 17.1 Å². The maximum atomic E-state index is 13.2. The highest BCUT2D eigenvalue weighted by Crippen LogP contribution is 2.69. The molecule has 0 heterocycles. The minimum atomic E-state index is -3.94. The van der Waals surface area contributed by atoms with Crippen molar-refractivity contribution >= 4 is 15.9 Å². The summed E-state index contributed by atoms with van der Waals surface area (Å²) in [5, 5.41) is 22.5. The first-order valence-corrected chi connectivity index (χ1v) is 19.0. The summed E-state index contributed by atoms with van der Waals surface area (Å²) in [6.45, 7) is 17.5. The molecule has 44 heavy (non-hydrogen) atoms. The van der Waals surface area contributed by atoms with E-state index in [4.69, 9.17) is 0 Å². The number of hydrogen-bond donors (Lipinski definition) is 3. The lowest BCUT2D eigenvalue weighted by Gasteiger charge is -2.64. The zero-order chi connectivity index (χ0) is 32.4. The molecule has 3 N–H and O–H groups in total. The monoisotopic (exact) mass is 629 g/mol. The van der Waals surface area contributed by atoms with E-state index in [-0.39, 0.29) is 45.2 Å². The van der Waals surface area contributed by atoms with Crippen molar-refractivity contribution in [2.75, 3.05) is 0 Å². The van der Waals surface area contributed by atoms with E-state index in [0.29, 0.717) is 36.0 Å². The fourth-order valence-electron chi connectivity index (χ4n) is 11.2. The van der Waals surface area contributed by atoms with Gasteiger partial charge < -0.3 is 10.2 Å². The average Bonchev–Trinajstić information content (AvgIpc) is 3.30. The Morgan fingerprint density at radius 3 is 2.18 bits per heavy atom. The van der Waals surface area contributed by atoms with Crippen molar-refractivity contribution in [2.24, 2.45) is 58.2 Å². The second-order valence-corrected chi connectivity index (χ2v) is 18.7. The van der Waals surface area contributed by atoms with Gasteiger partial charge in [0.15, 0.2) is 0 Å². The molecule has 5 rings (SSSR count). The second kappa shape index (κ2) is 12.0. The standard InChI is InChI=1S/C37H59NO5S/c1-9-27-31-21-25(39)16-18-37(31,8)30-17-19-36(7)28(14-15-29(36)32(30)33(27)40)22(2)20-23(3)34(41)38-44(42,43)26-12-10-24(11-13-26)35(4,5)6/h10-13,22-23,25,27-33,39-40H,9,14-21H2,1-8H3,(H,38,41)/t22-,23-,25-,27-,28-,29+,30+,31?,32+,33-,36?,37?/m1/s1. The van der Waals surface area contributed by atoms with Crippen LogP contribution in [0.1, 0.15) is 119 Å². The number of aliphatic hydroxyl groups is 2. The predicted octanol–water partition coefficient (Wildman–Crippen LogP) is 7.08. The molecule has 0 radical (unpaired) electrons. The van der Waals surface area contributed by atoms with Crippen LogP contribution in [0.2, 0.25) is 0 Å². The van der Waals surface area contributed by atoms with E-state index >= 15 is 0 Å². The number of carbonyl (C=O) groups is 1. The van der Waals surface area contributed by atoms with Gasteiger partial charge >= 0.3 is 0 Å². The van der Waals surface area contributed by atoms with Crippen LogP contribution < -0.4 is 4.72 Å². The molecule has 248 valence electrons. The van der Waals surface area contributed by atoms with Crippen LogP contribution in [0.25, 0.3) is 0 Å². The Morgan fingerprint density at radius 1 is 0.955 bits per heavy atom. The zero-order valence-corrected chi connectivity index (χ0v) is 29.3. The Balaban J connectivity index is 1.27. The molecule has 1 aromatic carbocycles. The molecular formula is C37H59NO5S. The van der Waals surface area contributed by atoms with Gasteiger partial charge in [-0.15, -0.1) is 0 Å². The molecule has 4 aliphatic rings. The highest BCUT2D eigenvalue weighted by atomic mass is 32.2. The number of carbonyl (C=O) groups excluding carboxylic acids is 1. The van der Waals surface area contributed by atoms with E-state index < -0.39 is 21.8 Å². The Labute approximate surface area is 267 Å². The number of rotatable bonds is 7. The summed E-state index contributed by atoms with van der Waals surface area (Å²) >= 11 is 0. The molecule has 12 atom stereocenters. The fourth-order valence-corrected chi connectivity index (χ4v) is 12.3. The number of hydrogen-bond acceptors (Lipinski definition) is 5. The van der Waals surface area contributed by atoms with E-state index in [9.17, 15) is 23.4 Å². The SMILES string of the molecule is CC[C@@H]1C2C[C@H](O)CCC2(C)[C@H]2CCC3(C)[C@@H]([C@H](C)C[C@@H](C)C(=O)NS(=O)(=O)c4ccc(C(C)(C)C)cc4)CC[C@H]3[C@@H]2[C@@H]1O. The molecule has 7 heteroatoms. The van der Waals surface area contributed by atoms with Gasteiger partial charge in [-0.05, 0) is 127 Å². The molecular weight excluding hydrogens is 570 g/mol. The van der Waals surface area contributed by atoms with Crippen molar-refractivity contribution in [3.63, 3.8) is 0 Å². The molecule has 6 nitrogen and oxygen atoms in total. The molecule has 0 aliphatic heterocycles. The van der Waals surface area contributed by atoms with Crippen molar-refractivity contribution in [1.29, 1.82) is 0 Å². The molecule has 4 saturated carbocycles. The molecule has 1 aromatic rings. The summed E-state index contributed by atoms with van der Waals surface area (Å²) in [6, 6.07) is 6.81. The van der Waals surface area contributed by atoms with E-state index in [1.807, 2.05) is 19.1 Å². The summed E-state index contributed by atoms with van der Waals surface area (Å²) < 4.78 is 28.5. The quantitative estimate of drug-likeness (QED) is 0.299. The molecule has 4 aliphatic carbocycles. The summed E-state index contributed by atoms with van der Waals surface area (Å²) in [6.07, 6.45) is 8.28. The van der Waals surface area contributed by atoms with Gasteiger partial charge in [0.1, 0.15) is 0 Å². The number of sulfonamides is 1. The van der Waals surface area contributed by atoms with Crippen LogP contribution in [0.15, 0.2) is 29.2 Å².